The Balaban J connectivity index is 1.91. The van der Waals surface area contributed by atoms with E-state index in [2.05, 4.69) is 5.32 Å². The number of unbranched alkanes of at least 4 members (excludes halogenated alkanes) is 7. The molecular formula is C21H41BN2O6P+. The zero-order valence-electron chi connectivity index (χ0n) is 19.3. The molecule has 0 saturated heterocycles. The maximum absolute atomic E-state index is 11.8. The molecule has 31 heavy (non-hydrogen) atoms. The van der Waals surface area contributed by atoms with Gasteiger partial charge in [-0.05, 0) is 30.4 Å². The molecule has 8 nitrogen and oxygen atoms in total. The van der Waals surface area contributed by atoms with Crippen LogP contribution in [0.15, 0.2) is 24.3 Å². The lowest BCUT2D eigenvalue weighted by atomic mass is 9.80. The summed E-state index contributed by atoms with van der Waals surface area (Å²) in [4.78, 5) is 21.4. The van der Waals surface area contributed by atoms with E-state index in [4.69, 9.17) is 19.1 Å². The quantitative estimate of drug-likeness (QED) is 0.114. The summed E-state index contributed by atoms with van der Waals surface area (Å²) in [5, 5.41) is 21.5. The van der Waals surface area contributed by atoms with Crippen molar-refractivity contribution in [3.05, 3.63) is 24.3 Å². The first kappa shape index (κ1) is 28.3. The van der Waals surface area contributed by atoms with Gasteiger partial charge >= 0.3 is 15.3 Å². The number of likely N-dealkylation sites (N-methyl/N-ethyl adjacent to an activating group) is 1. The van der Waals surface area contributed by atoms with E-state index in [0.717, 1.165) is 44.3 Å². The lowest BCUT2D eigenvalue weighted by Crippen LogP contribution is -2.38. The number of rotatable bonds is 18. The normalized spacial score (nSPS) is 13.8. The van der Waals surface area contributed by atoms with Crippen molar-refractivity contribution in [2.45, 2.75) is 51.4 Å². The molecule has 0 aromatic heterocycles. The number of hydrogen-bond acceptors (Lipinski definition) is 7. The second-order valence-electron chi connectivity index (χ2n) is 8.90. The Morgan fingerprint density at radius 3 is 1.94 bits per heavy atom. The Labute approximate surface area is 188 Å². The highest BCUT2D eigenvalue weighted by molar-refractivity contribution is 7.52. The number of nitrogens with zero attached hydrogens (tertiary/aromatic N) is 1. The Bertz CT molecular complexity index is 584. The van der Waals surface area contributed by atoms with Crippen molar-refractivity contribution in [2.75, 3.05) is 52.8 Å². The molecule has 0 saturated carbocycles. The summed E-state index contributed by atoms with van der Waals surface area (Å²) in [6, 6.07) is 7.12. The van der Waals surface area contributed by atoms with Gasteiger partial charge in [-0.25, -0.2) is 0 Å². The Morgan fingerprint density at radius 2 is 1.39 bits per heavy atom. The van der Waals surface area contributed by atoms with Gasteiger partial charge in [0.25, 0.3) is 0 Å². The molecule has 1 aromatic rings. The third-order valence-electron chi connectivity index (χ3n) is 4.88. The fourth-order valence-electron chi connectivity index (χ4n) is 2.94. The lowest BCUT2D eigenvalue weighted by molar-refractivity contribution is -0.870. The van der Waals surface area contributed by atoms with Crippen LogP contribution in [0.5, 0.6) is 0 Å². The minimum Gasteiger partial charge on any atom is -0.606 e. The van der Waals surface area contributed by atoms with Crippen molar-refractivity contribution in [2.24, 2.45) is 0 Å². The van der Waals surface area contributed by atoms with E-state index in [9.17, 15) is 9.79 Å². The van der Waals surface area contributed by atoms with E-state index in [0.29, 0.717) is 16.5 Å². The van der Waals surface area contributed by atoms with E-state index in [1.54, 1.807) is 12.1 Å². The van der Waals surface area contributed by atoms with Crippen LogP contribution in [-0.4, -0.2) is 74.0 Å². The molecule has 0 aliphatic carbocycles. The summed E-state index contributed by atoms with van der Waals surface area (Å²) >= 11 is 0. The standard InChI is InChI=1S/C21H40BN2O6P/c1-24(2,3)17-19-30-31(27,28)29-18-11-9-7-5-4-6-8-10-16-23-21-14-12-20(13-15-21)22(25)26/h12-15,23,25-26H,4-11,16-19H2,1-3H3/p+1. The molecule has 0 aliphatic heterocycles. The summed E-state index contributed by atoms with van der Waals surface area (Å²) < 4.78 is 10.7. The maximum Gasteiger partial charge on any atom is 0.488 e. The molecule has 0 aliphatic rings. The van der Waals surface area contributed by atoms with E-state index >= 15 is 0 Å². The minimum absolute atomic E-state index is 0.201. The van der Waals surface area contributed by atoms with Crippen LogP contribution in [0.2, 0.25) is 0 Å². The van der Waals surface area contributed by atoms with Crippen molar-refractivity contribution in [1.29, 1.82) is 0 Å². The average molecular weight is 459 g/mol. The number of quaternary nitrogens is 1. The van der Waals surface area contributed by atoms with Gasteiger partial charge in [-0.15, -0.1) is 0 Å². The molecule has 1 rings (SSSR count). The topological polar surface area (TPSA) is 114 Å². The van der Waals surface area contributed by atoms with Gasteiger partial charge in [-0.2, -0.15) is 13.9 Å². The third-order valence-corrected chi connectivity index (χ3v) is 5.90. The number of hydrogen-bond donors (Lipinski definition) is 4. The molecule has 0 heterocycles. The van der Waals surface area contributed by atoms with Gasteiger partial charge in [0.2, 0.25) is 0 Å². The van der Waals surface area contributed by atoms with Gasteiger partial charge in [0.15, 0.2) is 0 Å². The number of benzene rings is 1. The zero-order valence-corrected chi connectivity index (χ0v) is 20.2. The second-order valence-corrected chi connectivity index (χ2v) is 10.4. The van der Waals surface area contributed by atoms with Crippen LogP contribution >= 0.6 is 8.17 Å². The van der Waals surface area contributed by atoms with Gasteiger partial charge < -0.3 is 24.7 Å². The van der Waals surface area contributed by atoms with Crippen molar-refractivity contribution in [1.82, 2.24) is 0 Å². The number of anilines is 1. The van der Waals surface area contributed by atoms with Gasteiger partial charge in [-0.3, -0.25) is 0 Å². The predicted octanol–water partition coefficient (Wildman–Crippen LogP) is 1.67. The molecule has 1 atom stereocenters. The van der Waals surface area contributed by atoms with Crippen LogP contribution in [0.3, 0.4) is 0 Å². The monoisotopic (exact) mass is 459 g/mol. The molecule has 0 spiro atoms. The molecule has 178 valence electrons. The SMILES string of the molecule is C[N+](C)(C)CCO[P+]([O-])(O)OCCCCCCCCCCNc1ccc(B(O)O)cc1. The molecule has 0 fully saturated rings. The number of nitrogens with one attached hydrogen (secondary N) is 1. The van der Waals surface area contributed by atoms with Crippen LogP contribution in [0.25, 0.3) is 0 Å². The Kier molecular flexibility index (Phi) is 13.8. The summed E-state index contributed by atoms with van der Waals surface area (Å²) in [5.41, 5.74) is 1.48. The smallest absolute Gasteiger partial charge is 0.488 e. The van der Waals surface area contributed by atoms with Crippen molar-refractivity contribution in [3.8, 4) is 0 Å². The van der Waals surface area contributed by atoms with Crippen molar-refractivity contribution < 1.29 is 33.4 Å². The molecule has 1 unspecified atom stereocenters. The molecular weight excluding hydrogens is 418 g/mol. The van der Waals surface area contributed by atoms with E-state index < -0.39 is 15.3 Å². The van der Waals surface area contributed by atoms with Crippen molar-refractivity contribution in [3.63, 3.8) is 0 Å². The molecule has 4 N–H and O–H groups in total. The highest BCUT2D eigenvalue weighted by Crippen LogP contribution is 2.47. The van der Waals surface area contributed by atoms with Crippen LogP contribution in [0.4, 0.5) is 5.69 Å². The zero-order chi connectivity index (χ0) is 23.2. The van der Waals surface area contributed by atoms with E-state index in [1.165, 1.54) is 19.3 Å². The highest BCUT2D eigenvalue weighted by Gasteiger charge is 2.27. The first-order chi connectivity index (χ1) is 14.6. The third kappa shape index (κ3) is 15.6. The number of phosphoric acid groups is 1. The largest absolute Gasteiger partial charge is 0.606 e. The molecule has 0 radical (unpaired) electrons. The summed E-state index contributed by atoms with van der Waals surface area (Å²) in [5.74, 6) is 0. The highest BCUT2D eigenvalue weighted by atomic mass is 31.2. The van der Waals surface area contributed by atoms with Gasteiger partial charge in [0.05, 0.1) is 27.7 Å². The summed E-state index contributed by atoms with van der Waals surface area (Å²) in [7, 11) is 0.644. The molecule has 10 heteroatoms. The maximum atomic E-state index is 11.8. The molecule has 0 bridgehead atoms. The van der Waals surface area contributed by atoms with Crippen LogP contribution in [0, 0.1) is 0 Å². The lowest BCUT2D eigenvalue weighted by Gasteiger charge is -2.25. The predicted molar refractivity (Wildman–Crippen MR) is 126 cm³/mol. The van der Waals surface area contributed by atoms with E-state index in [-0.39, 0.29) is 13.2 Å². The molecule has 0 amide bonds. The first-order valence-corrected chi connectivity index (χ1v) is 12.7. The first-order valence-electron chi connectivity index (χ1n) is 11.2. The number of phosphoric ester groups is 1. The van der Waals surface area contributed by atoms with Gasteiger partial charge in [-0.1, -0.05) is 50.7 Å². The molecule has 1 aromatic carbocycles. The fraction of sp³-hybridized carbons (Fsp3) is 0.714. The fourth-order valence-corrected chi connectivity index (χ4v) is 3.69. The van der Waals surface area contributed by atoms with Gasteiger partial charge in [0.1, 0.15) is 13.2 Å². The van der Waals surface area contributed by atoms with Crippen LogP contribution in [-0.2, 0) is 9.05 Å². The van der Waals surface area contributed by atoms with Crippen LogP contribution in [0.1, 0.15) is 51.4 Å². The average Bonchev–Trinajstić information content (AvgIpc) is 2.68. The summed E-state index contributed by atoms with van der Waals surface area (Å²) in [6.45, 7) is 2.00. The van der Waals surface area contributed by atoms with Crippen molar-refractivity contribution >= 4 is 26.4 Å². The Hall–Kier alpha value is -0.765. The Morgan fingerprint density at radius 1 is 0.871 bits per heavy atom. The minimum atomic E-state index is -3.92. The summed E-state index contributed by atoms with van der Waals surface area (Å²) in [6.07, 6.45) is 8.66. The van der Waals surface area contributed by atoms with Gasteiger partial charge in [0, 0.05) is 12.2 Å². The second kappa shape index (κ2) is 15.1. The van der Waals surface area contributed by atoms with E-state index in [1.807, 2.05) is 33.3 Å². The van der Waals surface area contributed by atoms with Crippen LogP contribution < -0.4 is 15.7 Å².